The maximum absolute atomic E-state index is 14.6. The Kier molecular flexibility index (Phi) is 11.4. The van der Waals surface area contributed by atoms with Gasteiger partial charge >= 0.3 is 6.09 Å². The van der Waals surface area contributed by atoms with Crippen LogP contribution in [-0.4, -0.2) is 92.5 Å². The number of amides is 4. The molecule has 50 heavy (non-hydrogen) atoms. The number of methoxy groups -OCH3 is 1. The third-order valence-corrected chi connectivity index (χ3v) is 9.12. The highest BCUT2D eigenvalue weighted by Crippen LogP contribution is 2.43. The quantitative estimate of drug-likeness (QED) is 0.305. The van der Waals surface area contributed by atoms with Crippen molar-refractivity contribution in [1.82, 2.24) is 10.2 Å². The van der Waals surface area contributed by atoms with Gasteiger partial charge in [0.15, 0.2) is 5.60 Å². The maximum Gasteiger partial charge on any atom is 0.410 e. The van der Waals surface area contributed by atoms with E-state index in [1.807, 2.05) is 49.4 Å². The number of carbonyl (C=O) groups excluding carboxylic acids is 4. The molecule has 2 heterocycles. The molecule has 0 unspecified atom stereocenters. The minimum atomic E-state index is -1.06. The van der Waals surface area contributed by atoms with Crippen molar-refractivity contribution in [2.75, 3.05) is 56.4 Å². The number of hydrogen-bond donors (Lipinski definition) is 1. The molecule has 1 saturated heterocycles. The molecule has 0 radical (unpaired) electrons. The molecule has 2 aliphatic heterocycles. The van der Waals surface area contributed by atoms with Crippen LogP contribution < -0.4 is 19.9 Å². The van der Waals surface area contributed by atoms with E-state index in [1.54, 1.807) is 57.6 Å². The smallest absolute Gasteiger partial charge is 0.410 e. The van der Waals surface area contributed by atoms with Gasteiger partial charge in [-0.15, -0.1) is 0 Å². The van der Waals surface area contributed by atoms with Crippen LogP contribution in [0.5, 0.6) is 5.75 Å². The van der Waals surface area contributed by atoms with Gasteiger partial charge in [-0.1, -0.05) is 30.3 Å². The van der Waals surface area contributed by atoms with Gasteiger partial charge in [-0.3, -0.25) is 14.4 Å². The maximum atomic E-state index is 14.6. The van der Waals surface area contributed by atoms with Crippen molar-refractivity contribution in [3.63, 3.8) is 0 Å². The number of nitrogens with zero attached hydrogens (tertiary/aromatic N) is 3. The van der Waals surface area contributed by atoms with Crippen LogP contribution in [0.4, 0.5) is 16.2 Å². The molecule has 2 fully saturated rings. The molecule has 0 bridgehead atoms. The molecule has 0 spiro atoms. The minimum Gasteiger partial charge on any atom is -0.476 e. The van der Waals surface area contributed by atoms with Crippen LogP contribution in [0.15, 0.2) is 48.5 Å². The van der Waals surface area contributed by atoms with E-state index in [9.17, 15) is 19.2 Å². The fourth-order valence-electron chi connectivity index (χ4n) is 6.58. The molecule has 5 rings (SSSR count). The van der Waals surface area contributed by atoms with Crippen molar-refractivity contribution in [2.24, 2.45) is 11.8 Å². The number of likely N-dealkylation sites (tertiary alicyclic amines) is 1. The third kappa shape index (κ3) is 8.76. The summed E-state index contributed by atoms with van der Waals surface area (Å²) < 4.78 is 22.8. The normalized spacial score (nSPS) is 20.7. The number of anilines is 2. The Hall–Kier alpha value is -4.16. The van der Waals surface area contributed by atoms with E-state index < -0.39 is 35.2 Å². The highest BCUT2D eigenvalue weighted by atomic mass is 16.6. The summed E-state index contributed by atoms with van der Waals surface area (Å²) in [7, 11) is 1.58. The summed E-state index contributed by atoms with van der Waals surface area (Å²) in [5, 5.41) is 3.11. The zero-order chi connectivity index (χ0) is 36.2. The van der Waals surface area contributed by atoms with Crippen molar-refractivity contribution in [3.05, 3.63) is 54.1 Å². The highest BCUT2D eigenvalue weighted by molar-refractivity contribution is 6.04. The average Bonchev–Trinajstić information content (AvgIpc) is 3.91. The molecule has 3 aliphatic rings. The molecule has 2 aromatic carbocycles. The van der Waals surface area contributed by atoms with Crippen molar-refractivity contribution < 1.29 is 38.1 Å². The molecule has 4 amide bonds. The number of hydrogen-bond acceptors (Lipinski definition) is 8. The lowest BCUT2D eigenvalue weighted by Crippen LogP contribution is -2.54. The second-order valence-corrected chi connectivity index (χ2v) is 14.8. The van der Waals surface area contributed by atoms with E-state index in [0.717, 1.165) is 18.4 Å². The molecule has 3 atom stereocenters. The van der Waals surface area contributed by atoms with Crippen LogP contribution in [0.1, 0.15) is 72.4 Å². The summed E-state index contributed by atoms with van der Waals surface area (Å²) in [5.41, 5.74) is 0.287. The first kappa shape index (κ1) is 37.1. The van der Waals surface area contributed by atoms with Gasteiger partial charge in [0.2, 0.25) is 11.8 Å². The second-order valence-electron chi connectivity index (χ2n) is 14.8. The largest absolute Gasteiger partial charge is 0.476 e. The molecular weight excluding hydrogens is 640 g/mol. The first-order valence-corrected chi connectivity index (χ1v) is 17.6. The lowest BCUT2D eigenvalue weighted by molar-refractivity contribution is -0.133. The lowest BCUT2D eigenvalue weighted by Gasteiger charge is -2.40. The van der Waals surface area contributed by atoms with E-state index in [-0.39, 0.29) is 49.9 Å². The number of fused-ring (bicyclic) bond motifs is 1. The number of piperidine rings is 1. The summed E-state index contributed by atoms with van der Waals surface area (Å²) in [6, 6.07) is 14.6. The van der Waals surface area contributed by atoms with E-state index in [1.165, 1.54) is 4.90 Å². The fourth-order valence-corrected chi connectivity index (χ4v) is 6.58. The SMILES string of the molecule is CCOCCN1C(=O)C(C)(C)Oc2ccc(N(C(=O)[C@@H]3C[C@H](C(=O)N[C@@H](COC)c4ccccc4)CN(C(=O)OC(C)(C)C)C3)C3CC3)cc21. The summed E-state index contributed by atoms with van der Waals surface area (Å²) in [6.07, 6.45) is 1.32. The molecule has 2 aromatic rings. The first-order valence-electron chi connectivity index (χ1n) is 17.6. The molecule has 272 valence electrons. The molecule has 12 heteroatoms. The Bertz CT molecular complexity index is 1540. The summed E-state index contributed by atoms with van der Waals surface area (Å²) in [4.78, 5) is 60.4. The second kappa shape index (κ2) is 15.4. The monoisotopic (exact) mass is 692 g/mol. The summed E-state index contributed by atoms with van der Waals surface area (Å²) >= 11 is 0. The molecule has 12 nitrogen and oxygen atoms in total. The zero-order valence-corrected chi connectivity index (χ0v) is 30.4. The topological polar surface area (TPSA) is 127 Å². The van der Waals surface area contributed by atoms with Gasteiger partial charge in [-0.05, 0) is 84.6 Å². The lowest BCUT2D eigenvalue weighted by atomic mass is 9.87. The molecule has 1 aliphatic carbocycles. The van der Waals surface area contributed by atoms with Crippen LogP contribution in [-0.2, 0) is 28.6 Å². The van der Waals surface area contributed by atoms with Gasteiger partial charge in [-0.25, -0.2) is 4.79 Å². The molecule has 1 saturated carbocycles. The zero-order valence-electron chi connectivity index (χ0n) is 30.4. The van der Waals surface area contributed by atoms with Crippen LogP contribution in [0.3, 0.4) is 0 Å². The number of benzene rings is 2. The van der Waals surface area contributed by atoms with E-state index >= 15 is 0 Å². The molecular formula is C38H52N4O8. The molecule has 1 N–H and O–H groups in total. The first-order chi connectivity index (χ1) is 23.7. The average molecular weight is 693 g/mol. The summed E-state index contributed by atoms with van der Waals surface area (Å²) in [5.74, 6) is -1.43. The standard InChI is InChI=1S/C38H52N4O8/c1-8-48-19-18-41-31-21-29(16-17-32(31)49-38(5,6)35(41)45)42(28-14-15-28)34(44)27-20-26(22-40(23-27)36(46)50-37(2,3)4)33(43)39-30(24-47-7)25-12-10-9-11-13-25/h9-13,16-17,21,26-28,30H,8,14-15,18-20,22-24H2,1-7H3,(H,39,43)/t26-,27+,30-/m0/s1. The van der Waals surface area contributed by atoms with Gasteiger partial charge in [0, 0.05) is 45.1 Å². The van der Waals surface area contributed by atoms with Crippen molar-refractivity contribution >= 4 is 35.2 Å². The highest BCUT2D eigenvalue weighted by Gasteiger charge is 2.45. The van der Waals surface area contributed by atoms with Gasteiger partial charge in [-0.2, -0.15) is 0 Å². The number of nitrogens with one attached hydrogen (secondary N) is 1. The van der Waals surface area contributed by atoms with Gasteiger partial charge in [0.1, 0.15) is 11.4 Å². The van der Waals surface area contributed by atoms with Crippen LogP contribution in [0.25, 0.3) is 0 Å². The van der Waals surface area contributed by atoms with E-state index in [2.05, 4.69) is 5.32 Å². The summed E-state index contributed by atoms with van der Waals surface area (Å²) in [6.45, 7) is 12.5. The Balaban J connectivity index is 1.43. The predicted octanol–water partition coefficient (Wildman–Crippen LogP) is 5.10. The predicted molar refractivity (Wildman–Crippen MR) is 189 cm³/mol. The van der Waals surface area contributed by atoms with Crippen molar-refractivity contribution in [2.45, 2.75) is 84.1 Å². The Morgan fingerprint density at radius 3 is 2.40 bits per heavy atom. The Labute approximate surface area is 295 Å². The fraction of sp³-hybridized carbons (Fsp3) is 0.579. The van der Waals surface area contributed by atoms with Crippen LogP contribution >= 0.6 is 0 Å². The van der Waals surface area contributed by atoms with E-state index in [4.69, 9.17) is 18.9 Å². The molecule has 0 aromatic heterocycles. The van der Waals surface area contributed by atoms with Crippen molar-refractivity contribution in [1.29, 1.82) is 0 Å². The van der Waals surface area contributed by atoms with Gasteiger partial charge < -0.3 is 39.0 Å². The number of rotatable bonds is 12. The van der Waals surface area contributed by atoms with E-state index in [0.29, 0.717) is 36.9 Å². The Morgan fingerprint density at radius 2 is 1.76 bits per heavy atom. The Morgan fingerprint density at radius 1 is 1.06 bits per heavy atom. The number of carbonyl (C=O) groups is 4. The van der Waals surface area contributed by atoms with Gasteiger partial charge in [0.05, 0.1) is 36.8 Å². The van der Waals surface area contributed by atoms with Crippen LogP contribution in [0, 0.1) is 11.8 Å². The minimum absolute atomic E-state index is 0.0394. The van der Waals surface area contributed by atoms with Gasteiger partial charge in [0.25, 0.3) is 5.91 Å². The number of ether oxygens (including phenoxy) is 4. The van der Waals surface area contributed by atoms with Crippen LogP contribution in [0.2, 0.25) is 0 Å². The van der Waals surface area contributed by atoms with Crippen molar-refractivity contribution in [3.8, 4) is 5.75 Å². The third-order valence-electron chi connectivity index (χ3n) is 9.12.